The van der Waals surface area contributed by atoms with Crippen molar-refractivity contribution in [1.29, 1.82) is 0 Å². The van der Waals surface area contributed by atoms with Gasteiger partial charge in [-0.1, -0.05) is 36.4 Å². The summed E-state index contributed by atoms with van der Waals surface area (Å²) in [6, 6.07) is 13.9. The van der Waals surface area contributed by atoms with Gasteiger partial charge in [-0.3, -0.25) is 0 Å². The van der Waals surface area contributed by atoms with Crippen LogP contribution in [0.15, 0.2) is 42.5 Å². The lowest BCUT2D eigenvalue weighted by atomic mass is 10.1. The molecule has 15 heavy (non-hydrogen) atoms. The summed E-state index contributed by atoms with van der Waals surface area (Å²) in [6.45, 7) is 2.01. The third kappa shape index (κ3) is 0.988. The molecule has 0 bridgehead atoms. The number of fused-ring (bicyclic) bond motifs is 3. The summed E-state index contributed by atoms with van der Waals surface area (Å²) in [6.07, 6.45) is 0. The minimum absolute atomic E-state index is 0.863. The van der Waals surface area contributed by atoms with Crippen LogP contribution in [0, 0.1) is 6.92 Å². The smallest absolute Gasteiger partial charge is 0.0908 e. The highest BCUT2D eigenvalue weighted by atomic mass is 16.5. The summed E-state index contributed by atoms with van der Waals surface area (Å²) in [5, 5.41) is 12.2. The van der Waals surface area contributed by atoms with Crippen molar-refractivity contribution in [2.75, 3.05) is 0 Å². The first-order chi connectivity index (χ1) is 7.29. The van der Waals surface area contributed by atoms with Gasteiger partial charge in [0, 0.05) is 10.8 Å². The highest BCUT2D eigenvalue weighted by molar-refractivity contribution is 6.08. The molecule has 74 valence electrons. The molecular weight excluding hydrogens is 186 g/mol. The van der Waals surface area contributed by atoms with Crippen LogP contribution in [0.3, 0.4) is 0 Å². The standard InChI is InChI=1S/C13H11NO/c1-9-5-4-7-11-10-6-2-3-8-12(10)14(15)13(9)11/h2-8,15H,1H3. The Balaban J connectivity index is 2.69. The number of hydrogen-bond acceptors (Lipinski definition) is 1. The summed E-state index contributed by atoms with van der Waals surface area (Å²) < 4.78 is 1.28. The van der Waals surface area contributed by atoms with Crippen molar-refractivity contribution in [1.82, 2.24) is 4.73 Å². The maximum atomic E-state index is 10.0. The summed E-state index contributed by atoms with van der Waals surface area (Å²) in [5.74, 6) is 0. The number of rotatable bonds is 0. The quantitative estimate of drug-likeness (QED) is 0.549. The predicted octanol–water partition coefficient (Wildman–Crippen LogP) is 3.34. The molecule has 1 N–H and O–H groups in total. The van der Waals surface area contributed by atoms with E-state index < -0.39 is 0 Å². The monoisotopic (exact) mass is 197 g/mol. The van der Waals surface area contributed by atoms with Crippen LogP contribution in [0.2, 0.25) is 0 Å². The molecule has 0 saturated heterocycles. The molecule has 0 aliphatic rings. The normalized spacial score (nSPS) is 11.3. The van der Waals surface area contributed by atoms with Gasteiger partial charge >= 0.3 is 0 Å². The van der Waals surface area contributed by atoms with E-state index in [-0.39, 0.29) is 0 Å². The van der Waals surface area contributed by atoms with E-state index in [4.69, 9.17) is 0 Å². The molecule has 0 atom stereocenters. The van der Waals surface area contributed by atoms with Gasteiger partial charge in [-0.15, -0.1) is 0 Å². The molecule has 0 aliphatic carbocycles. The average molecular weight is 197 g/mol. The largest absolute Gasteiger partial charge is 0.428 e. The van der Waals surface area contributed by atoms with Gasteiger partial charge in [-0.2, -0.15) is 4.73 Å². The number of para-hydroxylation sites is 2. The Morgan fingerprint density at radius 1 is 0.933 bits per heavy atom. The summed E-state index contributed by atoms with van der Waals surface area (Å²) >= 11 is 0. The van der Waals surface area contributed by atoms with Gasteiger partial charge in [-0.05, 0) is 18.6 Å². The maximum absolute atomic E-state index is 10.0. The molecule has 0 unspecified atom stereocenters. The summed E-state index contributed by atoms with van der Waals surface area (Å²) in [4.78, 5) is 0. The van der Waals surface area contributed by atoms with Crippen LogP contribution < -0.4 is 0 Å². The fourth-order valence-corrected chi connectivity index (χ4v) is 2.16. The van der Waals surface area contributed by atoms with Crippen molar-refractivity contribution >= 4 is 21.8 Å². The van der Waals surface area contributed by atoms with Gasteiger partial charge in [-0.25, -0.2) is 0 Å². The maximum Gasteiger partial charge on any atom is 0.0908 e. The summed E-state index contributed by atoms with van der Waals surface area (Å²) in [7, 11) is 0. The van der Waals surface area contributed by atoms with Crippen molar-refractivity contribution < 1.29 is 5.21 Å². The van der Waals surface area contributed by atoms with E-state index >= 15 is 0 Å². The third-order valence-electron chi connectivity index (χ3n) is 2.87. The molecule has 2 nitrogen and oxygen atoms in total. The van der Waals surface area contributed by atoms with Gasteiger partial charge in [0.2, 0.25) is 0 Å². The summed E-state index contributed by atoms with van der Waals surface area (Å²) in [5.41, 5.74) is 2.85. The van der Waals surface area contributed by atoms with E-state index in [9.17, 15) is 5.21 Å². The second kappa shape index (κ2) is 2.76. The molecule has 3 aromatic rings. The van der Waals surface area contributed by atoms with Gasteiger partial charge in [0.15, 0.2) is 0 Å². The van der Waals surface area contributed by atoms with Crippen molar-refractivity contribution in [2.24, 2.45) is 0 Å². The van der Waals surface area contributed by atoms with Crippen LogP contribution in [0.1, 0.15) is 5.56 Å². The fourth-order valence-electron chi connectivity index (χ4n) is 2.16. The second-order valence-corrected chi connectivity index (χ2v) is 3.80. The lowest BCUT2D eigenvalue weighted by Crippen LogP contribution is -1.90. The number of hydrogen-bond donors (Lipinski definition) is 1. The fraction of sp³-hybridized carbons (Fsp3) is 0.0769. The molecule has 0 amide bonds. The first-order valence-electron chi connectivity index (χ1n) is 4.97. The van der Waals surface area contributed by atoms with Crippen LogP contribution >= 0.6 is 0 Å². The minimum atomic E-state index is 0.863. The topological polar surface area (TPSA) is 25.2 Å². The van der Waals surface area contributed by atoms with Crippen LogP contribution in [-0.2, 0) is 0 Å². The first-order valence-corrected chi connectivity index (χ1v) is 4.97. The number of benzene rings is 2. The van der Waals surface area contributed by atoms with Crippen molar-refractivity contribution in [2.45, 2.75) is 6.92 Å². The first kappa shape index (κ1) is 8.36. The van der Waals surface area contributed by atoms with Gasteiger partial charge in [0.05, 0.1) is 11.0 Å². The molecule has 1 heterocycles. The Morgan fingerprint density at radius 2 is 1.67 bits per heavy atom. The van der Waals surface area contributed by atoms with Crippen molar-refractivity contribution in [3.63, 3.8) is 0 Å². The van der Waals surface area contributed by atoms with E-state index in [1.54, 1.807) is 0 Å². The Bertz CT molecular complexity index is 652. The molecule has 0 fully saturated rings. The van der Waals surface area contributed by atoms with Crippen molar-refractivity contribution in [3.05, 3.63) is 48.0 Å². The second-order valence-electron chi connectivity index (χ2n) is 3.80. The highest BCUT2D eigenvalue weighted by Crippen LogP contribution is 2.29. The van der Waals surface area contributed by atoms with Crippen molar-refractivity contribution in [3.8, 4) is 0 Å². The molecule has 2 aromatic carbocycles. The Labute approximate surface area is 87.3 Å². The SMILES string of the molecule is Cc1cccc2c3ccccc3n(O)c12. The van der Waals surface area contributed by atoms with Gasteiger partial charge < -0.3 is 5.21 Å². The van der Waals surface area contributed by atoms with Gasteiger partial charge in [0.25, 0.3) is 0 Å². The van der Waals surface area contributed by atoms with Crippen LogP contribution in [0.4, 0.5) is 0 Å². The molecule has 1 aromatic heterocycles. The predicted molar refractivity (Wildman–Crippen MR) is 61.4 cm³/mol. The molecule has 3 rings (SSSR count). The molecular formula is C13H11NO. The Morgan fingerprint density at radius 3 is 2.53 bits per heavy atom. The van der Waals surface area contributed by atoms with Gasteiger partial charge in [0.1, 0.15) is 0 Å². The molecule has 0 spiro atoms. The number of aryl methyl sites for hydroxylation is 1. The van der Waals surface area contributed by atoms with E-state index in [1.165, 1.54) is 4.73 Å². The Hall–Kier alpha value is -1.96. The molecule has 0 radical (unpaired) electrons. The minimum Gasteiger partial charge on any atom is -0.428 e. The highest BCUT2D eigenvalue weighted by Gasteiger charge is 2.09. The van der Waals surface area contributed by atoms with Crippen LogP contribution in [-0.4, -0.2) is 9.94 Å². The lowest BCUT2D eigenvalue weighted by Gasteiger charge is -1.98. The van der Waals surface area contributed by atoms with E-state index in [1.807, 2.05) is 49.4 Å². The zero-order valence-corrected chi connectivity index (χ0v) is 8.44. The number of nitrogens with zero attached hydrogens (tertiary/aromatic N) is 1. The van der Waals surface area contributed by atoms with E-state index in [0.717, 1.165) is 27.4 Å². The zero-order chi connectivity index (χ0) is 10.4. The molecule has 0 saturated carbocycles. The number of aromatic nitrogens is 1. The molecule has 0 aliphatic heterocycles. The average Bonchev–Trinajstić information content (AvgIpc) is 2.55. The molecule has 2 heteroatoms. The lowest BCUT2D eigenvalue weighted by molar-refractivity contribution is 0.212. The van der Waals surface area contributed by atoms with E-state index in [2.05, 4.69) is 0 Å². The van der Waals surface area contributed by atoms with E-state index in [0.29, 0.717) is 0 Å². The zero-order valence-electron chi connectivity index (χ0n) is 8.44. The Kier molecular flexibility index (Phi) is 1.54. The third-order valence-corrected chi connectivity index (χ3v) is 2.87. The van der Waals surface area contributed by atoms with Crippen LogP contribution in [0.5, 0.6) is 0 Å². The van der Waals surface area contributed by atoms with Crippen LogP contribution in [0.25, 0.3) is 21.8 Å².